The molecule has 1 heteroatoms. The number of benzene rings is 1. The van der Waals surface area contributed by atoms with Crippen molar-refractivity contribution in [1.29, 1.82) is 0 Å². The topological polar surface area (TPSA) is 20.2 Å². The second-order valence-electron chi connectivity index (χ2n) is 1.26. The first-order chi connectivity index (χ1) is 3.39. The predicted molar refractivity (Wildman–Crippen MR) is 28.1 cm³/mol. The molecule has 1 rings (SSSR count). The van der Waals surface area contributed by atoms with Crippen molar-refractivity contribution in [1.82, 2.24) is 0 Å². The van der Waals surface area contributed by atoms with E-state index >= 15 is 0 Å². The van der Waals surface area contributed by atoms with Crippen molar-refractivity contribution in [3.63, 3.8) is 0 Å². The first-order valence-electron chi connectivity index (χ1n) is 2.04. The molecule has 1 nitrogen and oxygen atoms in total. The quantitative estimate of drug-likeness (QED) is 0.513. The molecule has 0 saturated carbocycles. The molecule has 0 aromatic heterocycles. The van der Waals surface area contributed by atoms with Crippen LogP contribution >= 0.6 is 0 Å². The number of aromatic hydroxyl groups is 1. The summed E-state index contributed by atoms with van der Waals surface area (Å²) >= 11 is 0. The van der Waals surface area contributed by atoms with E-state index in [2.05, 4.69) is 6.07 Å². The van der Waals surface area contributed by atoms with Crippen molar-refractivity contribution in [2.75, 3.05) is 0 Å². The van der Waals surface area contributed by atoms with Crippen molar-refractivity contribution in [3.8, 4) is 5.75 Å². The zero-order valence-electron chi connectivity index (χ0n) is 4.76. The standard InChI is InChI=1S/C6H5O/c7-6-4-2-1-3-5-6/h2-5,7H/p+1. The van der Waals surface area contributed by atoms with Crippen LogP contribution < -0.4 is 0 Å². The van der Waals surface area contributed by atoms with Gasteiger partial charge in [-0.2, -0.15) is 0 Å². The number of phenols is 1. The predicted octanol–water partition coefficient (Wildman–Crippen LogP) is 1.30. The molecule has 0 aliphatic rings. The molecule has 0 aliphatic heterocycles. The lowest BCUT2D eigenvalue weighted by Crippen LogP contribution is -1.57. The molecule has 1 aromatic carbocycles. The summed E-state index contributed by atoms with van der Waals surface area (Å²) in [7, 11) is 0. The lowest BCUT2D eigenvalue weighted by Gasteiger charge is -1.81. The van der Waals surface area contributed by atoms with E-state index in [0.29, 0.717) is 5.75 Å². The molecule has 0 aliphatic carbocycles. The molecule has 0 atom stereocenters. The van der Waals surface area contributed by atoms with E-state index in [4.69, 9.17) is 5.11 Å². The molecule has 1 radical (unpaired) electrons. The molecule has 0 heterocycles. The molecule has 0 unspecified atom stereocenters. The van der Waals surface area contributed by atoms with Gasteiger partial charge in [0, 0.05) is 0 Å². The fourth-order valence-corrected chi connectivity index (χ4v) is 0.378. The minimum absolute atomic E-state index is 0. The summed E-state index contributed by atoms with van der Waals surface area (Å²) < 4.78 is 0. The molecule has 7 heavy (non-hydrogen) atoms. The molecule has 0 fully saturated rings. The van der Waals surface area contributed by atoms with E-state index in [0.717, 1.165) is 0 Å². The Kier molecular flexibility index (Phi) is 0.984. The Bertz CT molecular complexity index is 138. The van der Waals surface area contributed by atoms with Gasteiger partial charge in [0.2, 0.25) is 0 Å². The lowest BCUT2D eigenvalue weighted by molar-refractivity contribution is 0.475. The fourth-order valence-electron chi connectivity index (χ4n) is 0.378. The van der Waals surface area contributed by atoms with Gasteiger partial charge in [-0.3, -0.25) is 0 Å². The lowest BCUT2D eigenvalue weighted by atomic mass is 10.3. The van der Waals surface area contributed by atoms with Crippen LogP contribution in [0.25, 0.3) is 0 Å². The van der Waals surface area contributed by atoms with Crippen LogP contribution in [0.15, 0.2) is 24.3 Å². The highest BCUT2D eigenvalue weighted by molar-refractivity contribution is 5.17. The second kappa shape index (κ2) is 1.65. The number of rotatable bonds is 0. The largest absolute Gasteiger partial charge is 1.00 e. The first kappa shape index (κ1) is 4.19. The Morgan fingerprint density at radius 1 is 1.43 bits per heavy atom. The third-order valence-electron chi connectivity index (χ3n) is 0.701. The van der Waals surface area contributed by atoms with Gasteiger partial charge in [0.1, 0.15) is 5.75 Å². The molecule has 0 bridgehead atoms. The van der Waals surface area contributed by atoms with Gasteiger partial charge in [-0.1, -0.05) is 12.1 Å². The third kappa shape index (κ3) is 0.929. The van der Waals surface area contributed by atoms with E-state index in [9.17, 15) is 0 Å². The SMILES string of the molecule is Oc1cc[c]cc1.[H+]. The average molecular weight is 94.1 g/mol. The van der Waals surface area contributed by atoms with Crippen LogP contribution in [0.1, 0.15) is 1.43 Å². The van der Waals surface area contributed by atoms with Gasteiger partial charge in [-0.05, 0) is 18.2 Å². The monoisotopic (exact) mass is 94.0 g/mol. The first-order valence-corrected chi connectivity index (χ1v) is 2.04. The van der Waals surface area contributed by atoms with Crippen molar-refractivity contribution in [2.24, 2.45) is 0 Å². The summed E-state index contributed by atoms with van der Waals surface area (Å²) in [5.74, 6) is 0.291. The normalized spacial score (nSPS) is 8.57. The molecule has 1 N–H and O–H groups in total. The van der Waals surface area contributed by atoms with Gasteiger partial charge < -0.3 is 5.11 Å². The molecule has 35 valence electrons. The van der Waals surface area contributed by atoms with Crippen LogP contribution in [0.2, 0.25) is 0 Å². The van der Waals surface area contributed by atoms with Gasteiger partial charge >= 0.3 is 1.43 Å². The molecular formula is C6H6O+. The van der Waals surface area contributed by atoms with Crippen molar-refractivity contribution >= 4 is 0 Å². The Labute approximate surface area is 43.7 Å². The van der Waals surface area contributed by atoms with Gasteiger partial charge in [0.15, 0.2) is 0 Å². The van der Waals surface area contributed by atoms with E-state index in [1.54, 1.807) is 24.3 Å². The highest BCUT2D eigenvalue weighted by Crippen LogP contribution is 2.02. The maximum atomic E-state index is 8.61. The minimum atomic E-state index is 0. The summed E-state index contributed by atoms with van der Waals surface area (Å²) in [6, 6.07) is 9.26. The highest BCUT2D eigenvalue weighted by atomic mass is 16.3. The van der Waals surface area contributed by atoms with E-state index in [-0.39, 0.29) is 1.43 Å². The summed E-state index contributed by atoms with van der Waals surface area (Å²) in [6.07, 6.45) is 0. The zero-order valence-corrected chi connectivity index (χ0v) is 3.76. The Balaban J connectivity index is 0.000000490. The Hall–Kier alpha value is -0.980. The average Bonchev–Trinajstić information content (AvgIpc) is 1.69. The third-order valence-corrected chi connectivity index (χ3v) is 0.701. The van der Waals surface area contributed by atoms with Crippen LogP contribution in [-0.2, 0) is 0 Å². The van der Waals surface area contributed by atoms with Crippen molar-refractivity contribution < 1.29 is 6.53 Å². The summed E-state index contributed by atoms with van der Waals surface area (Å²) in [4.78, 5) is 0. The van der Waals surface area contributed by atoms with Crippen molar-refractivity contribution in [3.05, 3.63) is 30.3 Å². The number of hydrogen-bond donors (Lipinski definition) is 1. The van der Waals surface area contributed by atoms with Crippen LogP contribution in [-0.4, -0.2) is 5.11 Å². The second-order valence-corrected chi connectivity index (χ2v) is 1.26. The fraction of sp³-hybridized carbons (Fsp3) is 0. The van der Waals surface area contributed by atoms with Gasteiger partial charge in [-0.15, -0.1) is 0 Å². The maximum absolute atomic E-state index is 8.61. The molecule has 0 spiro atoms. The minimum Gasteiger partial charge on any atom is -0.508 e. The van der Waals surface area contributed by atoms with E-state index in [1.165, 1.54) is 0 Å². The van der Waals surface area contributed by atoms with E-state index < -0.39 is 0 Å². The van der Waals surface area contributed by atoms with E-state index in [1.807, 2.05) is 0 Å². The summed E-state index contributed by atoms with van der Waals surface area (Å²) in [5.41, 5.74) is 0. The van der Waals surface area contributed by atoms with Crippen LogP contribution in [0.4, 0.5) is 0 Å². The smallest absolute Gasteiger partial charge is 0.508 e. The van der Waals surface area contributed by atoms with Crippen molar-refractivity contribution in [2.45, 2.75) is 0 Å². The molecular weight excluding hydrogens is 88.1 g/mol. The molecule has 0 saturated heterocycles. The number of phenolic OH excluding ortho intramolecular Hbond substituents is 1. The maximum Gasteiger partial charge on any atom is 1.00 e. The van der Waals surface area contributed by atoms with Crippen LogP contribution in [0.3, 0.4) is 0 Å². The van der Waals surface area contributed by atoms with Crippen LogP contribution in [0, 0.1) is 6.07 Å². The van der Waals surface area contributed by atoms with Gasteiger partial charge in [0.25, 0.3) is 0 Å². The highest BCUT2D eigenvalue weighted by Gasteiger charge is 1.75. The number of hydrogen-bond acceptors (Lipinski definition) is 1. The molecule has 1 aromatic rings. The summed E-state index contributed by atoms with van der Waals surface area (Å²) in [6.45, 7) is 0. The molecule has 0 amide bonds. The van der Waals surface area contributed by atoms with Gasteiger partial charge in [-0.25, -0.2) is 0 Å². The zero-order chi connectivity index (χ0) is 5.11. The van der Waals surface area contributed by atoms with Crippen LogP contribution in [0.5, 0.6) is 5.75 Å². The van der Waals surface area contributed by atoms with Gasteiger partial charge in [0.05, 0.1) is 0 Å². The Morgan fingerprint density at radius 3 is 2.29 bits per heavy atom. The Morgan fingerprint density at radius 2 is 2.00 bits per heavy atom. The summed E-state index contributed by atoms with van der Waals surface area (Å²) in [5, 5.41) is 8.61.